The molecule has 0 rings (SSSR count). The van der Waals surface area contributed by atoms with Gasteiger partial charge in [-0.25, -0.2) is 0 Å². The van der Waals surface area contributed by atoms with Gasteiger partial charge in [0, 0.05) is 8.41 Å². The zero-order chi connectivity index (χ0) is 3.58. The van der Waals surface area contributed by atoms with Crippen molar-refractivity contribution in [1.29, 1.82) is 0 Å². The number of hydrogen-bond acceptors (Lipinski definition) is 1. The van der Waals surface area contributed by atoms with E-state index in [-0.39, 0.29) is 26.4 Å². The Balaban J connectivity index is -0.0000000450. The van der Waals surface area contributed by atoms with E-state index >= 15 is 0 Å². The summed E-state index contributed by atoms with van der Waals surface area (Å²) in [6, 6.07) is 0. The van der Waals surface area contributed by atoms with Gasteiger partial charge in [-0.2, -0.15) is 0 Å². The fraction of sp³-hybridized carbons (Fsp3) is 0. The van der Waals surface area contributed by atoms with Crippen LogP contribution in [0.1, 0.15) is 0 Å². The maximum absolute atomic E-state index is 8.74. The van der Waals surface area contributed by atoms with Crippen molar-refractivity contribution in [3.8, 4) is 0 Å². The van der Waals surface area contributed by atoms with Crippen LogP contribution in [-0.4, -0.2) is 45.1 Å². The SMILES string of the molecule is O=[Si](O)O.[AsH3].[B]. The summed E-state index contributed by atoms with van der Waals surface area (Å²) >= 11 is 0. The molecule has 0 aliphatic carbocycles. The van der Waals surface area contributed by atoms with Gasteiger partial charge in [0.25, 0.3) is 0 Å². The maximum Gasteiger partial charge on any atom is 0 e. The minimum atomic E-state index is -3.13. The first kappa shape index (κ1) is 16.3. The monoisotopic (exact) mass is 167 g/mol. The summed E-state index contributed by atoms with van der Waals surface area (Å²) in [5.41, 5.74) is 0. The molecule has 0 bridgehead atoms. The summed E-state index contributed by atoms with van der Waals surface area (Å²) in [5, 5.41) is 0. The summed E-state index contributed by atoms with van der Waals surface area (Å²) in [7, 11) is -3.13. The average molecular weight is 167 g/mol. The van der Waals surface area contributed by atoms with Gasteiger partial charge in [-0.3, -0.25) is 4.46 Å². The standard InChI is InChI=1S/AsH3.B.H2O3Si/c;;1-4(2)3/h1H3;;1-2H. The first-order chi connectivity index (χ1) is 1.73. The molecule has 0 aliphatic heterocycles. The van der Waals surface area contributed by atoms with Crippen LogP contribution in [0.4, 0.5) is 0 Å². The Kier molecular flexibility index (Phi) is 24.4. The molecule has 0 saturated heterocycles. The van der Waals surface area contributed by atoms with Gasteiger partial charge in [0.05, 0.1) is 0 Å². The van der Waals surface area contributed by atoms with Gasteiger partial charge in [0.2, 0.25) is 0 Å². The summed E-state index contributed by atoms with van der Waals surface area (Å²) in [6.45, 7) is 0. The molecule has 0 saturated carbocycles. The van der Waals surface area contributed by atoms with Gasteiger partial charge in [-0.15, -0.1) is 0 Å². The van der Waals surface area contributed by atoms with E-state index < -0.39 is 9.17 Å². The minimum absolute atomic E-state index is 0. The van der Waals surface area contributed by atoms with Crippen molar-refractivity contribution < 1.29 is 14.1 Å². The predicted octanol–water partition coefficient (Wildman–Crippen LogP) is -3.18. The van der Waals surface area contributed by atoms with E-state index in [4.69, 9.17) is 14.1 Å². The third-order valence-corrected chi connectivity index (χ3v) is 0. The van der Waals surface area contributed by atoms with E-state index in [9.17, 15) is 0 Å². The van der Waals surface area contributed by atoms with Gasteiger partial charge in [0.15, 0.2) is 0 Å². The largest absolute Gasteiger partial charge is 0 e. The molecular weight excluding hydrogens is 162 g/mol. The number of rotatable bonds is 0. The van der Waals surface area contributed by atoms with E-state index in [0.717, 1.165) is 0 Å². The van der Waals surface area contributed by atoms with Crippen molar-refractivity contribution in [2.75, 3.05) is 0 Å². The first-order valence-corrected chi connectivity index (χ1v) is 1.95. The predicted molar refractivity (Wildman–Crippen MR) is 26.6 cm³/mol. The Morgan fingerprint density at radius 3 is 1.33 bits per heavy atom. The second kappa shape index (κ2) is 8.97. The van der Waals surface area contributed by atoms with Crippen molar-refractivity contribution in [2.45, 2.75) is 0 Å². The van der Waals surface area contributed by atoms with E-state index in [1.54, 1.807) is 0 Å². The van der Waals surface area contributed by atoms with Crippen LogP contribution in [0.2, 0.25) is 0 Å². The van der Waals surface area contributed by atoms with Crippen LogP contribution in [0.3, 0.4) is 0 Å². The smallest absolute Gasteiger partial charge is 0 e. The van der Waals surface area contributed by atoms with Crippen molar-refractivity contribution in [3.63, 3.8) is 0 Å². The van der Waals surface area contributed by atoms with Crippen LogP contribution in [0.5, 0.6) is 0 Å². The van der Waals surface area contributed by atoms with Gasteiger partial charge in [-0.05, 0) is 0 Å². The molecule has 2 N–H and O–H groups in total. The normalized spacial score (nSPS) is 4.00. The topological polar surface area (TPSA) is 57.5 Å². The molecule has 0 aromatic heterocycles. The molecule has 3 nitrogen and oxygen atoms in total. The van der Waals surface area contributed by atoms with Gasteiger partial charge in [-0.1, -0.05) is 0 Å². The first-order valence-electron chi connectivity index (χ1n) is 0.651. The molecule has 6 heteroatoms. The van der Waals surface area contributed by atoms with Gasteiger partial charge >= 0.3 is 27.1 Å². The van der Waals surface area contributed by atoms with E-state index in [2.05, 4.69) is 0 Å². The Labute approximate surface area is 50.2 Å². The van der Waals surface area contributed by atoms with Crippen molar-refractivity contribution in [2.24, 2.45) is 0 Å². The van der Waals surface area contributed by atoms with Crippen molar-refractivity contribution >= 4 is 35.5 Å². The molecule has 1 atom stereocenters. The van der Waals surface area contributed by atoms with Crippen LogP contribution in [0.15, 0.2) is 0 Å². The third-order valence-electron chi connectivity index (χ3n) is 0. The Hall–Kier alpha value is 0.240. The minimum Gasteiger partial charge on any atom is 0 e. The third kappa shape index (κ3) is 771. The maximum atomic E-state index is 8.74. The van der Waals surface area contributed by atoms with E-state index in [1.165, 1.54) is 0 Å². The van der Waals surface area contributed by atoms with Gasteiger partial charge < -0.3 is 9.59 Å². The molecule has 0 aromatic carbocycles. The quantitative estimate of drug-likeness (QED) is 0.374. The average Bonchev–Trinajstić information content (AvgIpc) is 0.811. The molecule has 35 valence electrons. The van der Waals surface area contributed by atoms with Crippen molar-refractivity contribution in [3.05, 3.63) is 0 Å². The molecule has 3 radical (unpaired) electrons. The molecule has 1 unspecified atom stereocenters. The fourth-order valence-corrected chi connectivity index (χ4v) is 0. The van der Waals surface area contributed by atoms with Crippen LogP contribution in [0, 0.1) is 0 Å². The molecule has 0 aliphatic rings. The molecule has 0 spiro atoms. The second-order valence-corrected chi connectivity index (χ2v) is 0.848. The molecule has 6 heavy (non-hydrogen) atoms. The summed E-state index contributed by atoms with van der Waals surface area (Å²) in [4.78, 5) is 14.3. The molecule has 0 fully saturated rings. The molecular formula is H5AsBO3Si. The zero-order valence-electron chi connectivity index (χ0n) is 3.09. The molecule has 0 aromatic rings. The van der Waals surface area contributed by atoms with Crippen LogP contribution < -0.4 is 0 Å². The Morgan fingerprint density at radius 2 is 1.33 bits per heavy atom. The van der Waals surface area contributed by atoms with Crippen LogP contribution in [-0.2, 0) is 4.46 Å². The van der Waals surface area contributed by atoms with Crippen LogP contribution in [0.25, 0.3) is 0 Å². The van der Waals surface area contributed by atoms with E-state index in [0.29, 0.717) is 0 Å². The van der Waals surface area contributed by atoms with Crippen molar-refractivity contribution in [1.82, 2.24) is 0 Å². The number of hydrogen-bond donors (Lipinski definition) is 2. The Morgan fingerprint density at radius 1 is 1.33 bits per heavy atom. The fourth-order valence-electron chi connectivity index (χ4n) is 0. The molecule has 0 heterocycles. The van der Waals surface area contributed by atoms with Gasteiger partial charge in [0.1, 0.15) is 0 Å². The van der Waals surface area contributed by atoms with Crippen LogP contribution >= 0.6 is 0 Å². The Bertz CT molecular complexity index is 33.8. The van der Waals surface area contributed by atoms with E-state index in [1.807, 2.05) is 0 Å². The second-order valence-electron chi connectivity index (χ2n) is 0.283. The zero-order valence-corrected chi connectivity index (χ0v) is 7.05. The molecule has 0 amide bonds. The summed E-state index contributed by atoms with van der Waals surface area (Å²) in [5.74, 6) is 0. The summed E-state index contributed by atoms with van der Waals surface area (Å²) < 4.78 is 8.74. The summed E-state index contributed by atoms with van der Waals surface area (Å²) in [6.07, 6.45) is 0.